The molecular weight excluding hydrogens is 410 g/mol. The SMILES string of the molecule is CC1CC(C)CN(c2ccc3c(c2)CCN(CC(O)CN2CCc4ccccc4C2)C3=O)C1. The first kappa shape index (κ1) is 22.4. The molecule has 3 heterocycles. The molecule has 5 heteroatoms. The van der Waals surface area contributed by atoms with Gasteiger partial charge in [0.1, 0.15) is 0 Å². The highest BCUT2D eigenvalue weighted by Crippen LogP contribution is 2.30. The number of anilines is 1. The molecule has 33 heavy (non-hydrogen) atoms. The summed E-state index contributed by atoms with van der Waals surface area (Å²) < 4.78 is 0. The Balaban J connectivity index is 1.20. The second kappa shape index (κ2) is 9.47. The second-order valence-electron chi connectivity index (χ2n) is 10.6. The summed E-state index contributed by atoms with van der Waals surface area (Å²) in [5, 5.41) is 10.8. The molecular formula is C28H37N3O2. The van der Waals surface area contributed by atoms with Gasteiger partial charge in [0.15, 0.2) is 0 Å². The van der Waals surface area contributed by atoms with Crippen molar-refractivity contribution in [2.45, 2.75) is 45.8 Å². The highest BCUT2D eigenvalue weighted by molar-refractivity contribution is 5.97. The topological polar surface area (TPSA) is 47.0 Å². The Kier molecular flexibility index (Phi) is 6.44. The fourth-order valence-electron chi connectivity index (χ4n) is 6.09. The Morgan fingerprint density at radius 3 is 2.45 bits per heavy atom. The predicted molar refractivity (Wildman–Crippen MR) is 133 cm³/mol. The van der Waals surface area contributed by atoms with E-state index in [2.05, 4.69) is 60.0 Å². The summed E-state index contributed by atoms with van der Waals surface area (Å²) in [6.07, 6.45) is 2.64. The molecule has 176 valence electrons. The van der Waals surface area contributed by atoms with E-state index in [1.54, 1.807) is 0 Å². The normalized spacial score (nSPS) is 24.4. The fourth-order valence-corrected chi connectivity index (χ4v) is 6.09. The van der Waals surface area contributed by atoms with Gasteiger partial charge in [-0.15, -0.1) is 0 Å². The lowest BCUT2D eigenvalue weighted by Gasteiger charge is -2.37. The van der Waals surface area contributed by atoms with Crippen LogP contribution < -0.4 is 4.90 Å². The van der Waals surface area contributed by atoms with Gasteiger partial charge in [-0.2, -0.15) is 0 Å². The average molecular weight is 448 g/mol. The van der Waals surface area contributed by atoms with Gasteiger partial charge in [0.2, 0.25) is 0 Å². The maximum Gasteiger partial charge on any atom is 0.254 e. The molecule has 0 radical (unpaired) electrons. The van der Waals surface area contributed by atoms with Crippen molar-refractivity contribution in [2.24, 2.45) is 11.8 Å². The monoisotopic (exact) mass is 447 g/mol. The number of carbonyl (C=O) groups is 1. The molecule has 5 nitrogen and oxygen atoms in total. The van der Waals surface area contributed by atoms with Crippen LogP contribution in [0.2, 0.25) is 0 Å². The summed E-state index contributed by atoms with van der Waals surface area (Å²) in [6.45, 7) is 10.4. The number of amides is 1. The molecule has 2 aromatic carbocycles. The minimum atomic E-state index is -0.531. The third kappa shape index (κ3) is 4.95. The molecule has 2 aromatic rings. The number of β-amino-alcohol motifs (C(OH)–C–C–N with tert-alkyl or cyclic N) is 1. The van der Waals surface area contributed by atoms with Crippen LogP contribution in [-0.2, 0) is 19.4 Å². The Bertz CT molecular complexity index is 996. The molecule has 1 fully saturated rings. The minimum absolute atomic E-state index is 0.0613. The van der Waals surface area contributed by atoms with Crippen LogP contribution >= 0.6 is 0 Å². The number of aliphatic hydroxyl groups excluding tert-OH is 1. The standard InChI is InChI=1S/C28H37N3O2/c1-20-13-21(2)16-31(15-20)25-7-8-27-23(14-25)10-12-30(28(27)33)19-26(32)18-29-11-9-22-5-3-4-6-24(22)17-29/h3-8,14,20-21,26,32H,9-13,15-19H2,1-2H3. The quantitative estimate of drug-likeness (QED) is 0.761. The van der Waals surface area contributed by atoms with Crippen LogP contribution in [0, 0.1) is 11.8 Å². The molecule has 3 unspecified atom stereocenters. The van der Waals surface area contributed by atoms with E-state index in [1.807, 2.05) is 11.0 Å². The molecule has 3 atom stereocenters. The number of fused-ring (bicyclic) bond motifs is 2. The number of piperidine rings is 1. The van der Waals surface area contributed by atoms with Crippen molar-refractivity contribution in [3.8, 4) is 0 Å². The van der Waals surface area contributed by atoms with Gasteiger partial charge in [0, 0.05) is 57.1 Å². The van der Waals surface area contributed by atoms with E-state index in [0.29, 0.717) is 31.5 Å². The number of benzene rings is 2. The Morgan fingerprint density at radius 1 is 0.939 bits per heavy atom. The molecule has 0 spiro atoms. The molecule has 1 saturated heterocycles. The minimum Gasteiger partial charge on any atom is -0.390 e. The predicted octanol–water partition coefficient (Wildman–Crippen LogP) is 3.59. The lowest BCUT2D eigenvalue weighted by molar-refractivity contribution is 0.0493. The Labute approximate surface area is 198 Å². The van der Waals surface area contributed by atoms with E-state index in [0.717, 1.165) is 50.1 Å². The zero-order valence-corrected chi connectivity index (χ0v) is 20.0. The van der Waals surface area contributed by atoms with Crippen LogP contribution in [0.25, 0.3) is 0 Å². The van der Waals surface area contributed by atoms with Crippen molar-refractivity contribution in [3.63, 3.8) is 0 Å². The third-order valence-electron chi connectivity index (χ3n) is 7.60. The van der Waals surface area contributed by atoms with E-state index in [4.69, 9.17) is 0 Å². The van der Waals surface area contributed by atoms with Crippen molar-refractivity contribution < 1.29 is 9.90 Å². The lowest BCUT2D eigenvalue weighted by atomic mass is 9.91. The van der Waals surface area contributed by atoms with Crippen LogP contribution in [0.5, 0.6) is 0 Å². The first-order chi connectivity index (χ1) is 16.0. The maximum absolute atomic E-state index is 13.2. The second-order valence-corrected chi connectivity index (χ2v) is 10.6. The molecule has 0 bridgehead atoms. The number of rotatable bonds is 5. The van der Waals surface area contributed by atoms with Gasteiger partial charge < -0.3 is 14.9 Å². The Hall–Kier alpha value is -2.37. The summed E-state index contributed by atoms with van der Waals surface area (Å²) in [4.78, 5) is 19.8. The molecule has 3 aliphatic rings. The smallest absolute Gasteiger partial charge is 0.254 e. The molecule has 5 rings (SSSR count). The summed E-state index contributed by atoms with van der Waals surface area (Å²) in [5.41, 5.74) is 5.98. The van der Waals surface area contributed by atoms with Crippen LogP contribution in [0.3, 0.4) is 0 Å². The molecule has 0 aliphatic carbocycles. The van der Waals surface area contributed by atoms with Gasteiger partial charge in [0.05, 0.1) is 6.10 Å². The molecule has 1 amide bonds. The number of nitrogens with zero attached hydrogens (tertiary/aromatic N) is 3. The fraction of sp³-hybridized carbons (Fsp3) is 0.536. The van der Waals surface area contributed by atoms with Crippen molar-refractivity contribution in [1.29, 1.82) is 0 Å². The van der Waals surface area contributed by atoms with Crippen molar-refractivity contribution in [1.82, 2.24) is 9.80 Å². The zero-order valence-electron chi connectivity index (χ0n) is 20.0. The van der Waals surface area contributed by atoms with Crippen molar-refractivity contribution >= 4 is 11.6 Å². The molecule has 1 N–H and O–H groups in total. The third-order valence-corrected chi connectivity index (χ3v) is 7.60. The first-order valence-corrected chi connectivity index (χ1v) is 12.6. The molecule has 0 aromatic heterocycles. The van der Waals surface area contributed by atoms with Gasteiger partial charge >= 0.3 is 0 Å². The van der Waals surface area contributed by atoms with Gasteiger partial charge in [-0.3, -0.25) is 9.69 Å². The molecule has 3 aliphatic heterocycles. The van der Waals surface area contributed by atoms with E-state index in [9.17, 15) is 9.90 Å². The van der Waals surface area contributed by atoms with E-state index in [-0.39, 0.29) is 5.91 Å². The first-order valence-electron chi connectivity index (χ1n) is 12.6. The van der Waals surface area contributed by atoms with Gasteiger partial charge in [-0.1, -0.05) is 38.1 Å². The van der Waals surface area contributed by atoms with E-state index < -0.39 is 6.10 Å². The maximum atomic E-state index is 13.2. The van der Waals surface area contributed by atoms with Gasteiger partial charge in [0.25, 0.3) is 5.91 Å². The van der Waals surface area contributed by atoms with Crippen molar-refractivity contribution in [3.05, 3.63) is 64.7 Å². The Morgan fingerprint density at radius 2 is 1.67 bits per heavy atom. The van der Waals surface area contributed by atoms with Gasteiger partial charge in [-0.05, 0) is 66.0 Å². The number of aliphatic hydroxyl groups is 1. The summed E-state index contributed by atoms with van der Waals surface area (Å²) in [7, 11) is 0. The number of hydrogen-bond acceptors (Lipinski definition) is 4. The molecule has 0 saturated carbocycles. The van der Waals surface area contributed by atoms with E-state index >= 15 is 0 Å². The lowest BCUT2D eigenvalue weighted by Crippen LogP contribution is -2.46. The van der Waals surface area contributed by atoms with E-state index in [1.165, 1.54) is 23.2 Å². The van der Waals surface area contributed by atoms with Gasteiger partial charge in [-0.25, -0.2) is 0 Å². The van der Waals surface area contributed by atoms with Crippen molar-refractivity contribution in [2.75, 3.05) is 44.2 Å². The summed E-state index contributed by atoms with van der Waals surface area (Å²) >= 11 is 0. The summed E-state index contributed by atoms with van der Waals surface area (Å²) in [5.74, 6) is 1.47. The van der Waals surface area contributed by atoms with Crippen LogP contribution in [0.1, 0.15) is 47.3 Å². The highest BCUT2D eigenvalue weighted by Gasteiger charge is 2.29. The largest absolute Gasteiger partial charge is 0.390 e. The number of carbonyl (C=O) groups excluding carboxylic acids is 1. The zero-order chi connectivity index (χ0) is 22.9. The highest BCUT2D eigenvalue weighted by atomic mass is 16.3. The van der Waals surface area contributed by atoms with Crippen LogP contribution in [0.4, 0.5) is 5.69 Å². The summed E-state index contributed by atoms with van der Waals surface area (Å²) in [6, 6.07) is 14.9. The van der Waals surface area contributed by atoms with Crippen LogP contribution in [-0.4, -0.2) is 66.2 Å². The number of hydrogen-bond donors (Lipinski definition) is 1. The average Bonchev–Trinajstić information content (AvgIpc) is 2.80. The van der Waals surface area contributed by atoms with Crippen LogP contribution in [0.15, 0.2) is 42.5 Å².